The molecule has 2 aromatic heterocycles. The fraction of sp³-hybridized carbons (Fsp3) is 0.267. The van der Waals surface area contributed by atoms with E-state index in [4.69, 9.17) is 10.7 Å². The molecule has 0 aliphatic carbocycles. The Bertz CT molecular complexity index is 749. The number of fused-ring (bicyclic) bond motifs is 1. The molecule has 3 rings (SSSR count). The number of aromatic nitrogens is 2. The summed E-state index contributed by atoms with van der Waals surface area (Å²) < 4.78 is 3.24. The number of nitrogens with two attached hydrogens (primary N) is 1. The third kappa shape index (κ3) is 2.97. The molecule has 0 bridgehead atoms. The number of anilines is 1. The number of hydrogen-bond donors (Lipinski definition) is 1. The lowest BCUT2D eigenvalue weighted by atomic mass is 10.2. The van der Waals surface area contributed by atoms with E-state index in [9.17, 15) is 0 Å². The molecule has 110 valence electrons. The number of hydrogen-bond acceptors (Lipinski definition) is 4. The summed E-state index contributed by atoms with van der Waals surface area (Å²) in [6.07, 6.45) is 2.89. The van der Waals surface area contributed by atoms with Crippen molar-refractivity contribution in [1.82, 2.24) is 9.38 Å². The minimum absolute atomic E-state index is 0.626. The highest BCUT2D eigenvalue weighted by Gasteiger charge is 2.16. The van der Waals surface area contributed by atoms with Gasteiger partial charge in [-0.1, -0.05) is 28.1 Å². The van der Waals surface area contributed by atoms with Crippen molar-refractivity contribution in [3.63, 3.8) is 0 Å². The summed E-state index contributed by atoms with van der Waals surface area (Å²) in [4.78, 5) is 7.96. The van der Waals surface area contributed by atoms with Gasteiger partial charge in [0.25, 0.3) is 0 Å². The summed E-state index contributed by atoms with van der Waals surface area (Å²) in [6, 6.07) is 8.36. The largest absolute Gasteiger partial charge is 0.354 e. The maximum absolute atomic E-state index is 5.76. The monoisotopic (exact) mass is 364 g/mol. The van der Waals surface area contributed by atoms with Crippen molar-refractivity contribution >= 4 is 38.0 Å². The Balaban J connectivity index is 1.91. The first-order chi connectivity index (χ1) is 10.2. The van der Waals surface area contributed by atoms with E-state index in [2.05, 4.69) is 62.1 Å². The van der Waals surface area contributed by atoms with Crippen LogP contribution in [-0.4, -0.2) is 23.0 Å². The molecule has 0 amide bonds. The van der Waals surface area contributed by atoms with Crippen LogP contribution in [0, 0.1) is 0 Å². The summed E-state index contributed by atoms with van der Waals surface area (Å²) in [5.41, 5.74) is 8.20. The number of nitrogens with zero attached hydrogens (tertiary/aromatic N) is 3. The Morgan fingerprint density at radius 1 is 1.43 bits per heavy atom. The minimum atomic E-state index is 0.626. The number of thiazole rings is 1. The van der Waals surface area contributed by atoms with Crippen LogP contribution in [0.15, 0.2) is 40.3 Å². The van der Waals surface area contributed by atoms with Gasteiger partial charge in [0.2, 0.25) is 0 Å². The molecule has 0 fully saturated rings. The highest BCUT2D eigenvalue weighted by atomic mass is 79.9. The molecule has 0 unspecified atom stereocenters. The average Bonchev–Trinajstić information content (AvgIpc) is 3.01. The van der Waals surface area contributed by atoms with Gasteiger partial charge in [0.05, 0.1) is 5.69 Å². The van der Waals surface area contributed by atoms with E-state index in [1.165, 1.54) is 11.3 Å². The third-order valence-corrected chi connectivity index (χ3v) is 4.64. The molecule has 0 saturated carbocycles. The van der Waals surface area contributed by atoms with E-state index in [-0.39, 0.29) is 0 Å². The smallest absolute Gasteiger partial charge is 0.195 e. The van der Waals surface area contributed by atoms with Gasteiger partial charge in [0, 0.05) is 36.1 Å². The average molecular weight is 365 g/mol. The molecule has 0 aliphatic heterocycles. The molecule has 0 aliphatic rings. The number of benzene rings is 1. The number of rotatable bonds is 5. The molecule has 0 saturated heterocycles. The highest BCUT2D eigenvalue weighted by Crippen LogP contribution is 2.25. The first-order valence-electron chi connectivity index (χ1n) is 6.79. The van der Waals surface area contributed by atoms with Crippen molar-refractivity contribution in [2.45, 2.75) is 13.0 Å². The first kappa shape index (κ1) is 14.6. The van der Waals surface area contributed by atoms with Crippen molar-refractivity contribution in [3.05, 3.63) is 51.6 Å². The van der Waals surface area contributed by atoms with Gasteiger partial charge >= 0.3 is 0 Å². The molecule has 2 heterocycles. The van der Waals surface area contributed by atoms with Crippen LogP contribution in [0.5, 0.6) is 0 Å². The van der Waals surface area contributed by atoms with Crippen LogP contribution in [0.25, 0.3) is 4.96 Å². The fourth-order valence-corrected chi connectivity index (χ4v) is 3.65. The quantitative estimate of drug-likeness (QED) is 0.755. The lowest BCUT2D eigenvalue weighted by Gasteiger charge is -2.18. The zero-order chi connectivity index (χ0) is 14.8. The van der Waals surface area contributed by atoms with Gasteiger partial charge < -0.3 is 10.6 Å². The summed E-state index contributed by atoms with van der Waals surface area (Å²) in [7, 11) is 2.08. The predicted octanol–water partition coefficient (Wildman–Crippen LogP) is 3.30. The van der Waals surface area contributed by atoms with Crippen molar-refractivity contribution < 1.29 is 0 Å². The van der Waals surface area contributed by atoms with Gasteiger partial charge in [-0.3, -0.25) is 4.40 Å². The minimum Gasteiger partial charge on any atom is -0.354 e. The van der Waals surface area contributed by atoms with Crippen LogP contribution in [0.1, 0.15) is 11.3 Å². The highest BCUT2D eigenvalue weighted by molar-refractivity contribution is 9.10. The van der Waals surface area contributed by atoms with Gasteiger partial charge in [-0.25, -0.2) is 4.98 Å². The summed E-state index contributed by atoms with van der Waals surface area (Å²) >= 11 is 5.17. The predicted molar refractivity (Wildman–Crippen MR) is 92.1 cm³/mol. The SMILES string of the molecule is CN(Cc1cccc(Br)c1)c1nc2sccn2c1CCN. The molecule has 21 heavy (non-hydrogen) atoms. The topological polar surface area (TPSA) is 46.6 Å². The maximum Gasteiger partial charge on any atom is 0.195 e. The molecular weight excluding hydrogens is 348 g/mol. The molecule has 0 atom stereocenters. The molecule has 0 radical (unpaired) electrons. The maximum atomic E-state index is 5.76. The zero-order valence-corrected chi connectivity index (χ0v) is 14.2. The van der Waals surface area contributed by atoms with Crippen molar-refractivity contribution in [1.29, 1.82) is 0 Å². The Morgan fingerprint density at radius 2 is 2.29 bits per heavy atom. The Hall–Kier alpha value is -1.37. The van der Waals surface area contributed by atoms with E-state index >= 15 is 0 Å². The normalized spacial score (nSPS) is 11.2. The standard InChI is InChI=1S/C15H17BrN4S/c1-19(10-11-3-2-4-12(16)9-11)14-13(5-6-17)20-7-8-21-15(20)18-14/h2-4,7-9H,5-6,10,17H2,1H3. The second-order valence-electron chi connectivity index (χ2n) is 4.96. The molecule has 2 N–H and O–H groups in total. The first-order valence-corrected chi connectivity index (χ1v) is 8.46. The lowest BCUT2D eigenvalue weighted by molar-refractivity contribution is 0.858. The Kier molecular flexibility index (Phi) is 4.28. The summed E-state index contributed by atoms with van der Waals surface area (Å²) in [5.74, 6) is 1.02. The second kappa shape index (κ2) is 6.17. The van der Waals surface area contributed by atoms with Crippen LogP contribution in [0.2, 0.25) is 0 Å². The molecule has 3 aromatic rings. The third-order valence-electron chi connectivity index (χ3n) is 3.39. The van der Waals surface area contributed by atoms with Crippen LogP contribution < -0.4 is 10.6 Å². The molecular formula is C15H17BrN4S. The second-order valence-corrected chi connectivity index (χ2v) is 6.75. The molecule has 6 heteroatoms. The molecule has 0 spiro atoms. The van der Waals surface area contributed by atoms with Gasteiger partial charge in [0.15, 0.2) is 10.8 Å². The Labute approximate surface area is 136 Å². The van der Waals surface area contributed by atoms with E-state index in [0.717, 1.165) is 28.2 Å². The number of halogens is 1. The van der Waals surface area contributed by atoms with E-state index in [0.29, 0.717) is 6.54 Å². The lowest BCUT2D eigenvalue weighted by Crippen LogP contribution is -2.19. The van der Waals surface area contributed by atoms with Crippen LogP contribution in [0.4, 0.5) is 5.82 Å². The fourth-order valence-electron chi connectivity index (χ4n) is 2.48. The van der Waals surface area contributed by atoms with Gasteiger partial charge in [0.1, 0.15) is 0 Å². The van der Waals surface area contributed by atoms with E-state index in [1.807, 2.05) is 6.07 Å². The van der Waals surface area contributed by atoms with Crippen molar-refractivity contribution in [2.24, 2.45) is 5.73 Å². The van der Waals surface area contributed by atoms with Crippen LogP contribution in [-0.2, 0) is 13.0 Å². The Morgan fingerprint density at radius 3 is 3.05 bits per heavy atom. The summed E-state index contributed by atoms with van der Waals surface area (Å²) in [5, 5.41) is 2.06. The van der Waals surface area contributed by atoms with Crippen molar-refractivity contribution in [3.8, 4) is 0 Å². The van der Waals surface area contributed by atoms with Crippen LogP contribution in [0.3, 0.4) is 0 Å². The van der Waals surface area contributed by atoms with E-state index < -0.39 is 0 Å². The summed E-state index contributed by atoms with van der Waals surface area (Å²) in [6.45, 7) is 1.45. The zero-order valence-electron chi connectivity index (χ0n) is 11.8. The van der Waals surface area contributed by atoms with Gasteiger partial charge in [-0.05, 0) is 24.2 Å². The molecule has 4 nitrogen and oxygen atoms in total. The van der Waals surface area contributed by atoms with Gasteiger partial charge in [-0.2, -0.15) is 0 Å². The molecule has 1 aromatic carbocycles. The van der Waals surface area contributed by atoms with Crippen molar-refractivity contribution in [2.75, 3.05) is 18.5 Å². The van der Waals surface area contributed by atoms with Crippen LogP contribution >= 0.6 is 27.3 Å². The van der Waals surface area contributed by atoms with Gasteiger partial charge in [-0.15, -0.1) is 11.3 Å². The number of imidazole rings is 1. The van der Waals surface area contributed by atoms with E-state index in [1.54, 1.807) is 11.3 Å².